The van der Waals surface area contributed by atoms with Crippen LogP contribution in [0.15, 0.2) is 38.6 Å². The van der Waals surface area contributed by atoms with Gasteiger partial charge in [-0.15, -0.1) is 11.3 Å². The van der Waals surface area contributed by atoms with Gasteiger partial charge in [0.05, 0.1) is 20.0 Å². The predicted molar refractivity (Wildman–Crippen MR) is 88.4 cm³/mol. The summed E-state index contributed by atoms with van der Waals surface area (Å²) in [7, 11) is 3.89. The number of carbonyl (C=O) groups is 1. The van der Waals surface area contributed by atoms with E-state index in [0.717, 1.165) is 19.6 Å². The summed E-state index contributed by atoms with van der Waals surface area (Å²) < 4.78 is 1.88. The molecular weight excluding hydrogens is 392 g/mol. The number of halogens is 2. The molecule has 1 aromatic heterocycles. The monoisotopic (exact) mass is 402 g/mol. The lowest BCUT2D eigenvalue weighted by molar-refractivity contribution is 0.103. The molecule has 6 heteroatoms. The molecule has 0 radical (unpaired) electrons. The zero-order valence-electron chi connectivity index (χ0n) is 10.4. The molecule has 1 amide bonds. The van der Waals surface area contributed by atoms with Crippen LogP contribution in [0.1, 0.15) is 9.67 Å². The van der Waals surface area contributed by atoms with Gasteiger partial charge >= 0.3 is 0 Å². The van der Waals surface area contributed by atoms with Crippen LogP contribution in [0.3, 0.4) is 0 Å². The minimum atomic E-state index is -0.100. The van der Waals surface area contributed by atoms with E-state index < -0.39 is 0 Å². The highest BCUT2D eigenvalue weighted by molar-refractivity contribution is 9.11. The lowest BCUT2D eigenvalue weighted by Crippen LogP contribution is -2.16. The average molecular weight is 404 g/mol. The second-order valence-electron chi connectivity index (χ2n) is 4.11. The molecule has 0 spiro atoms. The highest BCUT2D eigenvalue weighted by Gasteiger charge is 2.12. The maximum atomic E-state index is 12.2. The van der Waals surface area contributed by atoms with E-state index >= 15 is 0 Å². The molecule has 0 aliphatic rings. The normalized spacial score (nSPS) is 10.3. The van der Waals surface area contributed by atoms with E-state index in [1.807, 2.05) is 43.3 Å². The molecule has 0 fully saturated rings. The van der Waals surface area contributed by atoms with Crippen molar-refractivity contribution in [2.75, 3.05) is 24.3 Å². The number of rotatable bonds is 3. The van der Waals surface area contributed by atoms with Crippen LogP contribution in [-0.2, 0) is 0 Å². The van der Waals surface area contributed by atoms with Gasteiger partial charge in [-0.3, -0.25) is 4.79 Å². The highest BCUT2D eigenvalue weighted by atomic mass is 79.9. The minimum absolute atomic E-state index is 0.100. The lowest BCUT2D eigenvalue weighted by atomic mass is 10.2. The number of carbonyl (C=O) groups excluding carboxylic acids is 1. The molecule has 1 aromatic carbocycles. The standard InChI is InChI=1S/C13H12Br2N2OS/c1-17(2)10-4-3-8(14)7-9(10)16-13(18)11-5-6-12(15)19-11/h3-7H,1-2H3,(H,16,18). The van der Waals surface area contributed by atoms with E-state index in [0.29, 0.717) is 4.88 Å². The first-order valence-electron chi connectivity index (χ1n) is 5.51. The second-order valence-corrected chi connectivity index (χ2v) is 7.49. The van der Waals surface area contributed by atoms with Gasteiger partial charge in [0.15, 0.2) is 0 Å². The Morgan fingerprint density at radius 3 is 2.53 bits per heavy atom. The Hall–Kier alpha value is -0.850. The Morgan fingerprint density at radius 1 is 1.21 bits per heavy atom. The molecule has 0 saturated carbocycles. The van der Waals surface area contributed by atoms with E-state index in [1.54, 1.807) is 6.07 Å². The first kappa shape index (κ1) is 14.6. The molecule has 1 N–H and O–H groups in total. The number of amides is 1. The van der Waals surface area contributed by atoms with Gasteiger partial charge in [0, 0.05) is 18.6 Å². The van der Waals surface area contributed by atoms with Crippen molar-refractivity contribution in [3.63, 3.8) is 0 Å². The topological polar surface area (TPSA) is 32.3 Å². The summed E-state index contributed by atoms with van der Waals surface area (Å²) >= 11 is 8.19. The first-order valence-corrected chi connectivity index (χ1v) is 7.91. The molecule has 2 rings (SSSR count). The molecule has 1 heterocycles. The molecule has 0 atom stereocenters. The Morgan fingerprint density at radius 2 is 1.95 bits per heavy atom. The molecule has 100 valence electrons. The van der Waals surface area contributed by atoms with Gasteiger partial charge in [0.1, 0.15) is 0 Å². The summed E-state index contributed by atoms with van der Waals surface area (Å²) in [6.07, 6.45) is 0. The number of anilines is 2. The summed E-state index contributed by atoms with van der Waals surface area (Å²) in [6.45, 7) is 0. The van der Waals surface area contributed by atoms with Gasteiger partial charge in [0.25, 0.3) is 5.91 Å². The maximum absolute atomic E-state index is 12.2. The van der Waals surface area contributed by atoms with Crippen LogP contribution in [0.25, 0.3) is 0 Å². The molecule has 0 unspecified atom stereocenters. The third-order valence-corrected chi connectivity index (χ3v) is 4.60. The van der Waals surface area contributed by atoms with E-state index in [4.69, 9.17) is 0 Å². The summed E-state index contributed by atoms with van der Waals surface area (Å²) in [5, 5.41) is 2.94. The molecule has 3 nitrogen and oxygen atoms in total. The Balaban J connectivity index is 2.27. The molecule has 19 heavy (non-hydrogen) atoms. The van der Waals surface area contributed by atoms with Gasteiger partial charge in [-0.25, -0.2) is 0 Å². The SMILES string of the molecule is CN(C)c1ccc(Br)cc1NC(=O)c1ccc(Br)s1. The van der Waals surface area contributed by atoms with Crippen LogP contribution >= 0.6 is 43.2 Å². The van der Waals surface area contributed by atoms with Crippen molar-refractivity contribution in [3.8, 4) is 0 Å². The molecule has 0 aliphatic heterocycles. The fourth-order valence-electron chi connectivity index (χ4n) is 1.62. The summed E-state index contributed by atoms with van der Waals surface area (Å²) in [6, 6.07) is 9.48. The molecule has 0 aliphatic carbocycles. The Labute approximate surface area is 132 Å². The van der Waals surface area contributed by atoms with Crippen molar-refractivity contribution in [2.24, 2.45) is 0 Å². The predicted octanol–water partition coefficient (Wildman–Crippen LogP) is 4.59. The van der Waals surface area contributed by atoms with Gasteiger partial charge in [0.2, 0.25) is 0 Å². The highest BCUT2D eigenvalue weighted by Crippen LogP contribution is 2.29. The van der Waals surface area contributed by atoms with Crippen LogP contribution in [0.5, 0.6) is 0 Å². The molecule has 2 aromatic rings. The largest absolute Gasteiger partial charge is 0.376 e. The van der Waals surface area contributed by atoms with Crippen molar-refractivity contribution in [2.45, 2.75) is 0 Å². The van der Waals surface area contributed by atoms with Crippen molar-refractivity contribution >= 4 is 60.5 Å². The lowest BCUT2D eigenvalue weighted by Gasteiger charge is -2.18. The van der Waals surface area contributed by atoms with Crippen molar-refractivity contribution in [3.05, 3.63) is 43.5 Å². The minimum Gasteiger partial charge on any atom is -0.376 e. The Bertz CT molecular complexity index is 610. The van der Waals surface area contributed by atoms with Gasteiger partial charge in [-0.2, -0.15) is 0 Å². The molecule has 0 saturated heterocycles. The second kappa shape index (κ2) is 6.07. The fraction of sp³-hybridized carbons (Fsp3) is 0.154. The summed E-state index contributed by atoms with van der Waals surface area (Å²) in [4.78, 5) is 14.8. The van der Waals surface area contributed by atoms with Crippen LogP contribution in [0.4, 0.5) is 11.4 Å². The van der Waals surface area contributed by atoms with Gasteiger partial charge in [-0.1, -0.05) is 15.9 Å². The number of nitrogens with one attached hydrogen (secondary N) is 1. The smallest absolute Gasteiger partial charge is 0.265 e. The van der Waals surface area contributed by atoms with E-state index in [9.17, 15) is 4.79 Å². The molecular formula is C13H12Br2N2OS. The van der Waals surface area contributed by atoms with E-state index in [-0.39, 0.29) is 5.91 Å². The fourth-order valence-corrected chi connectivity index (χ4v) is 3.26. The van der Waals surface area contributed by atoms with Crippen molar-refractivity contribution in [1.29, 1.82) is 0 Å². The third kappa shape index (κ3) is 3.58. The Kier molecular flexibility index (Phi) is 4.65. The maximum Gasteiger partial charge on any atom is 0.265 e. The van der Waals surface area contributed by atoms with Crippen LogP contribution < -0.4 is 10.2 Å². The van der Waals surface area contributed by atoms with E-state index in [2.05, 4.69) is 37.2 Å². The van der Waals surface area contributed by atoms with Gasteiger partial charge < -0.3 is 10.2 Å². The number of hydrogen-bond acceptors (Lipinski definition) is 3. The van der Waals surface area contributed by atoms with Crippen LogP contribution in [-0.4, -0.2) is 20.0 Å². The first-order chi connectivity index (χ1) is 8.97. The van der Waals surface area contributed by atoms with Crippen LogP contribution in [0, 0.1) is 0 Å². The number of nitrogens with zero attached hydrogens (tertiary/aromatic N) is 1. The quantitative estimate of drug-likeness (QED) is 0.812. The number of hydrogen-bond donors (Lipinski definition) is 1. The van der Waals surface area contributed by atoms with Crippen molar-refractivity contribution < 1.29 is 4.79 Å². The zero-order valence-corrected chi connectivity index (χ0v) is 14.4. The number of thiophene rings is 1. The molecule has 0 bridgehead atoms. The van der Waals surface area contributed by atoms with Crippen molar-refractivity contribution in [1.82, 2.24) is 0 Å². The third-order valence-electron chi connectivity index (χ3n) is 2.49. The van der Waals surface area contributed by atoms with E-state index in [1.165, 1.54) is 11.3 Å². The average Bonchev–Trinajstić information content (AvgIpc) is 2.75. The summed E-state index contributed by atoms with van der Waals surface area (Å²) in [5.74, 6) is -0.100. The summed E-state index contributed by atoms with van der Waals surface area (Å²) in [5.41, 5.74) is 1.75. The van der Waals surface area contributed by atoms with Crippen LogP contribution in [0.2, 0.25) is 0 Å². The van der Waals surface area contributed by atoms with Gasteiger partial charge in [-0.05, 0) is 46.3 Å². The number of benzene rings is 1. The zero-order chi connectivity index (χ0) is 14.0.